The summed E-state index contributed by atoms with van der Waals surface area (Å²) < 4.78 is 13.9. The zero-order valence-corrected chi connectivity index (χ0v) is 20.9. The van der Waals surface area contributed by atoms with Crippen LogP contribution in [0.25, 0.3) is 0 Å². The molecule has 0 saturated carbocycles. The molecule has 174 valence electrons. The normalized spacial score (nSPS) is 12.8. The molecule has 1 N–H and O–H groups in total. The Hall–Kier alpha value is -1.76. The third-order valence-electron chi connectivity index (χ3n) is 5.22. The Kier molecular flexibility index (Phi) is 10.8. The Bertz CT molecular complexity index is 908. The average Bonchev–Trinajstić information content (AvgIpc) is 2.76. The van der Waals surface area contributed by atoms with Gasteiger partial charge in [0.15, 0.2) is 0 Å². The molecule has 2 rings (SSSR count). The van der Waals surface area contributed by atoms with E-state index >= 15 is 0 Å². The summed E-state index contributed by atoms with van der Waals surface area (Å²) in [6.45, 7) is 5.88. The summed E-state index contributed by atoms with van der Waals surface area (Å²) in [6, 6.07) is 11.0. The van der Waals surface area contributed by atoms with E-state index in [1.54, 1.807) is 36.4 Å². The second-order valence-corrected chi connectivity index (χ2v) is 9.35. The van der Waals surface area contributed by atoms with Crippen molar-refractivity contribution in [3.63, 3.8) is 0 Å². The predicted molar refractivity (Wildman–Crippen MR) is 132 cm³/mol. The van der Waals surface area contributed by atoms with Crippen LogP contribution in [0.4, 0.5) is 4.39 Å². The Labute approximate surface area is 203 Å². The number of carbonyl (C=O) groups is 2. The molecule has 32 heavy (non-hydrogen) atoms. The van der Waals surface area contributed by atoms with Crippen molar-refractivity contribution >= 4 is 46.8 Å². The van der Waals surface area contributed by atoms with Gasteiger partial charge in [-0.15, -0.1) is 11.8 Å². The topological polar surface area (TPSA) is 49.4 Å². The third-order valence-corrected chi connectivity index (χ3v) is 6.89. The molecule has 0 aromatic heterocycles. The predicted octanol–water partition coefficient (Wildman–Crippen LogP) is 6.09. The lowest BCUT2D eigenvalue weighted by atomic mass is 10.1. The molecule has 0 radical (unpaired) electrons. The fraction of sp³-hybridized carbons (Fsp3) is 0.417. The molecule has 2 aromatic rings. The van der Waals surface area contributed by atoms with E-state index in [0.717, 1.165) is 6.42 Å². The molecule has 8 heteroatoms. The first-order valence-electron chi connectivity index (χ1n) is 10.6. The number of amides is 2. The van der Waals surface area contributed by atoms with Crippen LogP contribution < -0.4 is 5.32 Å². The Morgan fingerprint density at radius 3 is 2.31 bits per heavy atom. The molecule has 0 spiro atoms. The molecule has 0 saturated heterocycles. The number of halogens is 3. The van der Waals surface area contributed by atoms with Crippen molar-refractivity contribution in [2.45, 2.75) is 58.0 Å². The summed E-state index contributed by atoms with van der Waals surface area (Å²) in [5, 5.41) is 3.84. The van der Waals surface area contributed by atoms with Gasteiger partial charge in [0.05, 0.1) is 5.75 Å². The van der Waals surface area contributed by atoms with Gasteiger partial charge in [0.1, 0.15) is 11.9 Å². The lowest BCUT2D eigenvalue weighted by Gasteiger charge is -2.32. The number of nitrogens with zero attached hydrogens (tertiary/aromatic N) is 1. The average molecular weight is 499 g/mol. The van der Waals surface area contributed by atoms with Gasteiger partial charge in [-0.05, 0) is 43.5 Å². The van der Waals surface area contributed by atoms with Crippen LogP contribution >= 0.6 is 35.0 Å². The number of hydrogen-bond acceptors (Lipinski definition) is 3. The van der Waals surface area contributed by atoms with E-state index in [1.807, 2.05) is 20.8 Å². The van der Waals surface area contributed by atoms with Crippen LogP contribution in [0.15, 0.2) is 42.5 Å². The molecular weight excluding hydrogens is 470 g/mol. The van der Waals surface area contributed by atoms with Crippen molar-refractivity contribution in [1.82, 2.24) is 10.2 Å². The van der Waals surface area contributed by atoms with Crippen molar-refractivity contribution in [3.05, 3.63) is 69.5 Å². The fourth-order valence-electron chi connectivity index (χ4n) is 3.16. The van der Waals surface area contributed by atoms with Gasteiger partial charge in [-0.3, -0.25) is 9.59 Å². The first kappa shape index (κ1) is 26.5. The van der Waals surface area contributed by atoms with Crippen LogP contribution in [-0.2, 0) is 21.9 Å². The lowest BCUT2D eigenvalue weighted by molar-refractivity contribution is -0.139. The first-order chi connectivity index (χ1) is 15.3. The number of benzene rings is 2. The maximum Gasteiger partial charge on any atom is 0.243 e. The number of rotatable bonds is 11. The molecule has 2 amide bonds. The smallest absolute Gasteiger partial charge is 0.243 e. The largest absolute Gasteiger partial charge is 0.352 e. The second-order valence-electron chi connectivity index (χ2n) is 7.55. The van der Waals surface area contributed by atoms with Gasteiger partial charge in [0.25, 0.3) is 0 Å². The highest BCUT2D eigenvalue weighted by Crippen LogP contribution is 2.27. The monoisotopic (exact) mass is 498 g/mol. The molecular formula is C24H29Cl2FN2O2S. The van der Waals surface area contributed by atoms with Crippen molar-refractivity contribution in [2.75, 3.05) is 5.75 Å². The van der Waals surface area contributed by atoms with Gasteiger partial charge in [-0.1, -0.05) is 61.3 Å². The van der Waals surface area contributed by atoms with E-state index in [0.29, 0.717) is 33.3 Å². The molecule has 4 nitrogen and oxygen atoms in total. The van der Waals surface area contributed by atoms with Crippen LogP contribution in [0.2, 0.25) is 10.0 Å². The highest BCUT2D eigenvalue weighted by Gasteiger charge is 2.30. The zero-order valence-electron chi connectivity index (χ0n) is 18.5. The molecule has 0 fully saturated rings. The SMILES string of the molecule is CC[C@@H](C)NC(=O)[C@@H](CC)N(Cc1c(Cl)cccc1Cl)C(=O)CSCc1ccccc1F. The number of thioether (sulfide) groups is 1. The minimum atomic E-state index is -0.669. The quantitative estimate of drug-likeness (QED) is 0.407. The number of nitrogens with one attached hydrogen (secondary N) is 1. The summed E-state index contributed by atoms with van der Waals surface area (Å²) in [6.07, 6.45) is 1.22. The molecule has 0 unspecified atom stereocenters. The maximum absolute atomic E-state index is 13.9. The van der Waals surface area contributed by atoms with Crippen LogP contribution in [0.5, 0.6) is 0 Å². The van der Waals surface area contributed by atoms with Gasteiger partial charge in [0, 0.05) is 33.9 Å². The van der Waals surface area contributed by atoms with Crippen molar-refractivity contribution in [1.29, 1.82) is 0 Å². The fourth-order valence-corrected chi connectivity index (χ4v) is 4.57. The van der Waals surface area contributed by atoms with Crippen molar-refractivity contribution < 1.29 is 14.0 Å². The molecule has 2 atom stereocenters. The van der Waals surface area contributed by atoms with Crippen LogP contribution in [0, 0.1) is 5.82 Å². The lowest BCUT2D eigenvalue weighted by Crippen LogP contribution is -2.51. The maximum atomic E-state index is 13.9. The first-order valence-corrected chi connectivity index (χ1v) is 12.5. The third kappa shape index (κ3) is 7.39. The Balaban J connectivity index is 2.22. The van der Waals surface area contributed by atoms with Gasteiger partial charge in [-0.2, -0.15) is 0 Å². The molecule has 2 aromatic carbocycles. The molecule has 0 aliphatic carbocycles. The standard InChI is InChI=1S/C24H29Cl2FN2O2S/c1-4-16(3)28-24(31)22(5-2)29(13-18-19(25)10-8-11-20(18)26)23(30)15-32-14-17-9-6-7-12-21(17)27/h6-12,16,22H,4-5,13-15H2,1-3H3,(H,28,31)/t16-,22-/m1/s1. The molecule has 0 heterocycles. The summed E-state index contributed by atoms with van der Waals surface area (Å²) in [5.74, 6) is -0.282. The van der Waals surface area contributed by atoms with Crippen LogP contribution in [0.3, 0.4) is 0 Å². The van der Waals surface area contributed by atoms with E-state index in [2.05, 4.69) is 5.32 Å². The van der Waals surface area contributed by atoms with E-state index in [4.69, 9.17) is 23.2 Å². The summed E-state index contributed by atoms with van der Waals surface area (Å²) >= 11 is 14.0. The molecule has 0 aliphatic rings. The number of hydrogen-bond donors (Lipinski definition) is 1. The van der Waals surface area contributed by atoms with E-state index in [-0.39, 0.29) is 36.0 Å². The minimum absolute atomic E-state index is 0.00664. The Morgan fingerprint density at radius 1 is 1.06 bits per heavy atom. The summed E-state index contributed by atoms with van der Waals surface area (Å²) in [7, 11) is 0. The van der Waals surface area contributed by atoms with E-state index in [9.17, 15) is 14.0 Å². The number of carbonyl (C=O) groups excluding carboxylic acids is 2. The van der Waals surface area contributed by atoms with E-state index in [1.165, 1.54) is 22.7 Å². The van der Waals surface area contributed by atoms with Crippen LogP contribution in [-0.4, -0.2) is 34.6 Å². The van der Waals surface area contributed by atoms with Crippen molar-refractivity contribution in [3.8, 4) is 0 Å². The summed E-state index contributed by atoms with van der Waals surface area (Å²) in [5.41, 5.74) is 1.13. The van der Waals surface area contributed by atoms with Gasteiger partial charge >= 0.3 is 0 Å². The minimum Gasteiger partial charge on any atom is -0.352 e. The summed E-state index contributed by atoms with van der Waals surface area (Å²) in [4.78, 5) is 27.7. The van der Waals surface area contributed by atoms with Crippen LogP contribution in [0.1, 0.15) is 44.7 Å². The van der Waals surface area contributed by atoms with Crippen molar-refractivity contribution in [2.24, 2.45) is 0 Å². The molecule has 0 bridgehead atoms. The molecule has 0 aliphatic heterocycles. The van der Waals surface area contributed by atoms with Gasteiger partial charge in [-0.25, -0.2) is 4.39 Å². The second kappa shape index (κ2) is 13.1. The van der Waals surface area contributed by atoms with E-state index < -0.39 is 6.04 Å². The zero-order chi connectivity index (χ0) is 23.7. The van der Waals surface area contributed by atoms with Gasteiger partial charge in [0.2, 0.25) is 11.8 Å². The highest BCUT2D eigenvalue weighted by molar-refractivity contribution is 7.99. The Morgan fingerprint density at radius 2 is 1.72 bits per heavy atom. The highest BCUT2D eigenvalue weighted by atomic mass is 35.5. The van der Waals surface area contributed by atoms with Gasteiger partial charge < -0.3 is 10.2 Å².